The maximum absolute atomic E-state index is 5.62. The summed E-state index contributed by atoms with van der Waals surface area (Å²) in [5, 5.41) is 7.78. The van der Waals surface area contributed by atoms with Crippen molar-refractivity contribution in [3.05, 3.63) is 24.3 Å². The molecule has 0 fully saturated rings. The van der Waals surface area contributed by atoms with E-state index in [1.807, 2.05) is 12.1 Å². The zero-order valence-corrected chi connectivity index (χ0v) is 11.1. The average Bonchev–Trinajstić information content (AvgIpc) is 2.93. The summed E-state index contributed by atoms with van der Waals surface area (Å²) in [6.07, 6.45) is 1.59. The second-order valence-corrected chi connectivity index (χ2v) is 3.70. The molecular formula is C12H16N4O3. The van der Waals surface area contributed by atoms with Crippen molar-refractivity contribution in [3.8, 4) is 22.9 Å². The minimum atomic E-state index is 0.288. The molecule has 0 aliphatic rings. The lowest BCUT2D eigenvalue weighted by Gasteiger charge is -2.14. The Kier molecular flexibility index (Phi) is 3.86. The molecule has 0 saturated heterocycles. The molecule has 0 radical (unpaired) electrons. The van der Waals surface area contributed by atoms with Crippen LogP contribution in [0.5, 0.6) is 17.2 Å². The van der Waals surface area contributed by atoms with E-state index in [0.29, 0.717) is 23.1 Å². The smallest absolute Gasteiger partial charge is 0.203 e. The molecule has 19 heavy (non-hydrogen) atoms. The molecule has 0 amide bonds. The summed E-state index contributed by atoms with van der Waals surface area (Å²) in [7, 11) is 4.69. The van der Waals surface area contributed by atoms with Crippen LogP contribution in [-0.4, -0.2) is 36.1 Å². The van der Waals surface area contributed by atoms with E-state index in [4.69, 9.17) is 19.9 Å². The molecule has 2 aromatic rings. The lowest BCUT2D eigenvalue weighted by Crippen LogP contribution is -2.07. The maximum Gasteiger partial charge on any atom is 0.203 e. The normalized spacial score (nSPS) is 10.3. The molecule has 2 rings (SSSR count). The fourth-order valence-electron chi connectivity index (χ4n) is 1.82. The Labute approximate surface area is 110 Å². The molecule has 102 valence electrons. The van der Waals surface area contributed by atoms with E-state index in [-0.39, 0.29) is 6.54 Å². The van der Waals surface area contributed by atoms with Crippen LogP contribution in [0.1, 0.15) is 5.82 Å². The van der Waals surface area contributed by atoms with E-state index < -0.39 is 0 Å². The second kappa shape index (κ2) is 5.57. The molecule has 0 bridgehead atoms. The predicted octanol–water partition coefficient (Wildman–Crippen LogP) is 0.752. The third kappa shape index (κ3) is 2.32. The highest BCUT2D eigenvalue weighted by Gasteiger charge is 2.15. The molecule has 0 spiro atoms. The van der Waals surface area contributed by atoms with Gasteiger partial charge in [0, 0.05) is 12.1 Å². The average molecular weight is 264 g/mol. The number of benzene rings is 1. The summed E-state index contributed by atoms with van der Waals surface area (Å²) in [5.41, 5.74) is 6.41. The van der Waals surface area contributed by atoms with Gasteiger partial charge in [0.25, 0.3) is 0 Å². The van der Waals surface area contributed by atoms with E-state index in [1.165, 1.54) is 0 Å². The highest BCUT2D eigenvalue weighted by atomic mass is 16.5. The molecule has 1 heterocycles. The molecule has 0 aliphatic carbocycles. The van der Waals surface area contributed by atoms with Crippen LogP contribution in [0.3, 0.4) is 0 Å². The molecule has 2 N–H and O–H groups in total. The number of nitrogens with zero attached hydrogens (tertiary/aromatic N) is 3. The molecule has 1 aromatic carbocycles. The summed E-state index contributed by atoms with van der Waals surface area (Å²) >= 11 is 0. The SMILES string of the molecule is COc1cc(-n2cnnc2CN)cc(OC)c1OC. The fraction of sp³-hybridized carbons (Fsp3) is 0.333. The van der Waals surface area contributed by atoms with Gasteiger partial charge in [-0.2, -0.15) is 0 Å². The lowest BCUT2D eigenvalue weighted by atomic mass is 10.2. The van der Waals surface area contributed by atoms with Gasteiger partial charge in [-0.3, -0.25) is 4.57 Å². The zero-order chi connectivity index (χ0) is 13.8. The van der Waals surface area contributed by atoms with Crippen molar-refractivity contribution in [2.75, 3.05) is 21.3 Å². The van der Waals surface area contributed by atoms with Gasteiger partial charge in [0.05, 0.1) is 33.6 Å². The van der Waals surface area contributed by atoms with Crippen molar-refractivity contribution in [3.63, 3.8) is 0 Å². The van der Waals surface area contributed by atoms with E-state index in [1.54, 1.807) is 32.2 Å². The van der Waals surface area contributed by atoms with Crippen LogP contribution >= 0.6 is 0 Å². The molecule has 0 atom stereocenters. The number of rotatable bonds is 5. The van der Waals surface area contributed by atoms with Crippen LogP contribution in [0.15, 0.2) is 18.5 Å². The maximum atomic E-state index is 5.62. The first-order valence-corrected chi connectivity index (χ1v) is 5.64. The number of nitrogens with two attached hydrogens (primary N) is 1. The van der Waals surface area contributed by atoms with E-state index in [0.717, 1.165) is 5.69 Å². The molecule has 1 aromatic heterocycles. The van der Waals surface area contributed by atoms with Crippen molar-refractivity contribution in [2.24, 2.45) is 5.73 Å². The molecular weight excluding hydrogens is 248 g/mol. The minimum absolute atomic E-state index is 0.288. The number of hydrogen-bond acceptors (Lipinski definition) is 6. The fourth-order valence-corrected chi connectivity index (χ4v) is 1.82. The Morgan fingerprint density at radius 3 is 2.21 bits per heavy atom. The topological polar surface area (TPSA) is 84.4 Å². The van der Waals surface area contributed by atoms with Crippen LogP contribution in [-0.2, 0) is 6.54 Å². The Hall–Kier alpha value is -2.28. The molecule has 7 nitrogen and oxygen atoms in total. The first kappa shape index (κ1) is 13.2. The Morgan fingerprint density at radius 1 is 1.11 bits per heavy atom. The van der Waals surface area contributed by atoms with Gasteiger partial charge >= 0.3 is 0 Å². The highest BCUT2D eigenvalue weighted by molar-refractivity contribution is 5.58. The van der Waals surface area contributed by atoms with E-state index in [9.17, 15) is 0 Å². The third-order valence-electron chi connectivity index (χ3n) is 2.73. The summed E-state index contributed by atoms with van der Waals surface area (Å²) in [5.74, 6) is 2.31. The van der Waals surface area contributed by atoms with Crippen LogP contribution in [0.25, 0.3) is 5.69 Å². The summed E-state index contributed by atoms with van der Waals surface area (Å²) in [4.78, 5) is 0. The number of aromatic nitrogens is 3. The highest BCUT2D eigenvalue weighted by Crippen LogP contribution is 2.39. The van der Waals surface area contributed by atoms with Crippen LogP contribution in [0.4, 0.5) is 0 Å². The monoisotopic (exact) mass is 264 g/mol. The van der Waals surface area contributed by atoms with Gasteiger partial charge in [0.15, 0.2) is 17.3 Å². The summed E-state index contributed by atoms with van der Waals surface area (Å²) in [6.45, 7) is 0.288. The largest absolute Gasteiger partial charge is 0.493 e. The van der Waals surface area contributed by atoms with Gasteiger partial charge in [0.2, 0.25) is 5.75 Å². The molecule has 0 saturated carbocycles. The van der Waals surface area contributed by atoms with Gasteiger partial charge < -0.3 is 19.9 Å². The quantitative estimate of drug-likeness (QED) is 0.858. The Balaban J connectivity index is 2.59. The van der Waals surface area contributed by atoms with Gasteiger partial charge in [-0.05, 0) is 0 Å². The lowest BCUT2D eigenvalue weighted by molar-refractivity contribution is 0.324. The first-order chi connectivity index (χ1) is 9.24. The van der Waals surface area contributed by atoms with Gasteiger partial charge in [0.1, 0.15) is 6.33 Å². The van der Waals surface area contributed by atoms with Gasteiger partial charge in [-0.25, -0.2) is 0 Å². The van der Waals surface area contributed by atoms with Crippen molar-refractivity contribution >= 4 is 0 Å². The van der Waals surface area contributed by atoms with Crippen molar-refractivity contribution in [2.45, 2.75) is 6.54 Å². The Bertz CT molecular complexity index is 543. The van der Waals surface area contributed by atoms with Crippen molar-refractivity contribution in [1.29, 1.82) is 0 Å². The minimum Gasteiger partial charge on any atom is -0.493 e. The van der Waals surface area contributed by atoms with Gasteiger partial charge in [-0.1, -0.05) is 0 Å². The number of methoxy groups -OCH3 is 3. The zero-order valence-electron chi connectivity index (χ0n) is 11.1. The van der Waals surface area contributed by atoms with E-state index >= 15 is 0 Å². The van der Waals surface area contributed by atoms with Crippen molar-refractivity contribution in [1.82, 2.24) is 14.8 Å². The Morgan fingerprint density at radius 2 is 1.74 bits per heavy atom. The third-order valence-corrected chi connectivity index (χ3v) is 2.73. The first-order valence-electron chi connectivity index (χ1n) is 5.64. The molecule has 0 unspecified atom stereocenters. The standard InChI is InChI=1S/C12H16N4O3/c1-17-9-4-8(5-10(18-2)12(9)19-3)16-7-14-15-11(16)6-13/h4-5,7H,6,13H2,1-3H3. The van der Waals surface area contributed by atoms with Crippen LogP contribution in [0, 0.1) is 0 Å². The summed E-state index contributed by atoms with van der Waals surface area (Å²) in [6, 6.07) is 3.62. The van der Waals surface area contributed by atoms with Crippen molar-refractivity contribution < 1.29 is 14.2 Å². The van der Waals surface area contributed by atoms with Crippen LogP contribution in [0.2, 0.25) is 0 Å². The second-order valence-electron chi connectivity index (χ2n) is 3.70. The number of hydrogen-bond donors (Lipinski definition) is 1. The molecule has 0 aliphatic heterocycles. The molecule has 7 heteroatoms. The summed E-state index contributed by atoms with van der Waals surface area (Å²) < 4.78 is 17.6. The van der Waals surface area contributed by atoms with Gasteiger partial charge in [-0.15, -0.1) is 10.2 Å². The number of ether oxygens (including phenoxy) is 3. The van der Waals surface area contributed by atoms with Crippen LogP contribution < -0.4 is 19.9 Å². The predicted molar refractivity (Wildman–Crippen MR) is 68.9 cm³/mol. The van der Waals surface area contributed by atoms with E-state index in [2.05, 4.69) is 10.2 Å².